The fraction of sp³-hybridized carbons (Fsp3) is 0.550. The molecule has 1 saturated carbocycles. The maximum Gasteiger partial charge on any atom is 0.410 e. The largest absolute Gasteiger partial charge is 0.438 e. The van der Waals surface area contributed by atoms with Gasteiger partial charge in [0.05, 0.1) is 13.2 Å². The second-order valence-corrected chi connectivity index (χ2v) is 8.40. The van der Waals surface area contributed by atoms with Crippen molar-refractivity contribution in [3.05, 3.63) is 30.2 Å². The maximum absolute atomic E-state index is 12.3. The van der Waals surface area contributed by atoms with Crippen molar-refractivity contribution in [3.8, 4) is 0 Å². The van der Waals surface area contributed by atoms with Crippen LogP contribution in [0.5, 0.6) is 0 Å². The molecule has 3 aliphatic rings. The van der Waals surface area contributed by atoms with Crippen LogP contribution in [-0.4, -0.2) is 65.3 Å². The molecule has 8 nitrogen and oxygen atoms in total. The number of hydrogen-bond acceptors (Lipinski definition) is 5. The van der Waals surface area contributed by atoms with Gasteiger partial charge in [0, 0.05) is 42.9 Å². The third-order valence-corrected chi connectivity index (χ3v) is 6.21. The number of likely N-dealkylation sites (tertiary alicyclic amines) is 1. The summed E-state index contributed by atoms with van der Waals surface area (Å²) in [6.07, 6.45) is 4.16. The highest BCUT2D eigenvalue weighted by Crippen LogP contribution is 2.53. The zero-order valence-corrected chi connectivity index (χ0v) is 15.8. The van der Waals surface area contributed by atoms with E-state index in [0.717, 1.165) is 30.4 Å². The molecule has 2 amide bonds. The summed E-state index contributed by atoms with van der Waals surface area (Å²) >= 11 is 0. The molecule has 2 N–H and O–H groups in total. The molecule has 4 heterocycles. The Hall–Kier alpha value is -2.61. The highest BCUT2D eigenvalue weighted by Gasteiger charge is 2.56. The van der Waals surface area contributed by atoms with Gasteiger partial charge in [0.1, 0.15) is 5.69 Å². The lowest BCUT2D eigenvalue weighted by Crippen LogP contribution is -2.52. The van der Waals surface area contributed by atoms with Gasteiger partial charge in [-0.2, -0.15) is 0 Å². The van der Waals surface area contributed by atoms with Crippen molar-refractivity contribution in [1.29, 1.82) is 0 Å². The molecule has 28 heavy (non-hydrogen) atoms. The van der Waals surface area contributed by atoms with E-state index in [1.807, 2.05) is 24.0 Å². The van der Waals surface area contributed by atoms with Gasteiger partial charge in [0.25, 0.3) is 5.91 Å². The molecule has 0 radical (unpaired) electrons. The van der Waals surface area contributed by atoms with Gasteiger partial charge in [-0.25, -0.2) is 4.79 Å². The zero-order chi connectivity index (χ0) is 19.3. The van der Waals surface area contributed by atoms with Crippen molar-refractivity contribution in [1.82, 2.24) is 20.2 Å². The molecule has 3 fully saturated rings. The number of hydrogen-bond donors (Lipinski definition) is 2. The van der Waals surface area contributed by atoms with Crippen LogP contribution in [0.25, 0.3) is 10.9 Å². The van der Waals surface area contributed by atoms with Crippen LogP contribution in [-0.2, 0) is 9.47 Å². The van der Waals surface area contributed by atoms with Gasteiger partial charge in [-0.15, -0.1) is 0 Å². The van der Waals surface area contributed by atoms with E-state index in [4.69, 9.17) is 9.47 Å². The van der Waals surface area contributed by atoms with Crippen molar-refractivity contribution < 1.29 is 19.1 Å². The molecule has 2 aromatic rings. The first-order valence-electron chi connectivity index (χ1n) is 9.79. The van der Waals surface area contributed by atoms with Crippen molar-refractivity contribution >= 4 is 22.9 Å². The first kappa shape index (κ1) is 17.5. The molecular weight excluding hydrogens is 360 g/mol. The van der Waals surface area contributed by atoms with E-state index in [0.29, 0.717) is 43.2 Å². The van der Waals surface area contributed by atoms with E-state index in [-0.39, 0.29) is 12.0 Å². The molecule has 2 saturated heterocycles. The summed E-state index contributed by atoms with van der Waals surface area (Å²) in [5.74, 6) is 1.56. The Kier molecular flexibility index (Phi) is 4.04. The highest BCUT2D eigenvalue weighted by atomic mass is 16.6. The van der Waals surface area contributed by atoms with Crippen LogP contribution < -0.4 is 5.32 Å². The Morgan fingerprint density at radius 2 is 2.18 bits per heavy atom. The molecule has 2 aliphatic heterocycles. The van der Waals surface area contributed by atoms with Crippen LogP contribution in [0.4, 0.5) is 4.79 Å². The molecule has 8 heteroatoms. The molecule has 5 rings (SSSR count). The summed E-state index contributed by atoms with van der Waals surface area (Å²) in [6.45, 7) is 5.02. The van der Waals surface area contributed by atoms with E-state index in [2.05, 4.69) is 15.3 Å². The first-order valence-corrected chi connectivity index (χ1v) is 9.79. The molecule has 2 aromatic heterocycles. The Morgan fingerprint density at radius 1 is 1.39 bits per heavy atom. The van der Waals surface area contributed by atoms with E-state index >= 15 is 0 Å². The quantitative estimate of drug-likeness (QED) is 0.819. The van der Waals surface area contributed by atoms with Crippen molar-refractivity contribution in [2.24, 2.45) is 17.8 Å². The molecule has 148 valence electrons. The molecular formula is C20H24N4O4. The number of aromatic amines is 1. The van der Waals surface area contributed by atoms with Gasteiger partial charge >= 0.3 is 6.09 Å². The molecule has 0 spiro atoms. The summed E-state index contributed by atoms with van der Waals surface area (Å²) in [5, 5.41) is 3.92. The maximum atomic E-state index is 12.3. The van der Waals surface area contributed by atoms with E-state index in [1.54, 1.807) is 12.4 Å². The van der Waals surface area contributed by atoms with E-state index in [9.17, 15) is 9.59 Å². The smallest absolute Gasteiger partial charge is 0.410 e. The van der Waals surface area contributed by atoms with Gasteiger partial charge < -0.3 is 24.7 Å². The Morgan fingerprint density at radius 3 is 2.86 bits per heavy atom. The number of H-pyrrole nitrogens is 1. The van der Waals surface area contributed by atoms with E-state index in [1.165, 1.54) is 0 Å². The van der Waals surface area contributed by atoms with Crippen LogP contribution in [0.1, 0.15) is 23.8 Å². The summed E-state index contributed by atoms with van der Waals surface area (Å²) < 4.78 is 10.7. The molecule has 0 bridgehead atoms. The van der Waals surface area contributed by atoms with Gasteiger partial charge in [0.15, 0.2) is 5.60 Å². The number of nitrogens with one attached hydrogen (secondary N) is 2. The average Bonchev–Trinajstić information content (AvgIpc) is 3.05. The van der Waals surface area contributed by atoms with Crippen LogP contribution in [0.3, 0.4) is 0 Å². The summed E-state index contributed by atoms with van der Waals surface area (Å²) in [4.78, 5) is 33.6. The van der Waals surface area contributed by atoms with Crippen molar-refractivity contribution in [2.75, 3.05) is 32.8 Å². The number of ether oxygens (including phenoxy) is 2. The predicted octanol–water partition coefficient (Wildman–Crippen LogP) is 1.79. The topological polar surface area (TPSA) is 96.5 Å². The zero-order valence-electron chi connectivity index (χ0n) is 15.8. The summed E-state index contributed by atoms with van der Waals surface area (Å²) in [7, 11) is 0. The minimum absolute atomic E-state index is 0.0943. The number of pyridine rings is 1. The SMILES string of the molecule is CC1(OC(=O)N2CC3C(CCNC(=O)c4cc5cnccc5[nH]4)C3C2)COC1. The number of fused-ring (bicyclic) bond motifs is 2. The molecule has 2 atom stereocenters. The second-order valence-electron chi connectivity index (χ2n) is 8.40. The second kappa shape index (κ2) is 6.48. The number of aromatic nitrogens is 2. The number of amides is 2. The lowest BCUT2D eigenvalue weighted by molar-refractivity contribution is -0.171. The number of nitrogens with zero attached hydrogens (tertiary/aromatic N) is 2. The lowest BCUT2D eigenvalue weighted by atomic mass is 10.1. The van der Waals surface area contributed by atoms with Gasteiger partial charge in [-0.3, -0.25) is 9.78 Å². The third kappa shape index (κ3) is 3.11. The van der Waals surface area contributed by atoms with Crippen LogP contribution >= 0.6 is 0 Å². The Balaban J connectivity index is 1.06. The van der Waals surface area contributed by atoms with Crippen molar-refractivity contribution in [2.45, 2.75) is 18.9 Å². The van der Waals surface area contributed by atoms with Crippen molar-refractivity contribution in [3.63, 3.8) is 0 Å². The van der Waals surface area contributed by atoms with E-state index < -0.39 is 5.60 Å². The lowest BCUT2D eigenvalue weighted by Gasteiger charge is -2.38. The third-order valence-electron chi connectivity index (χ3n) is 6.21. The number of rotatable bonds is 5. The van der Waals surface area contributed by atoms with Crippen LogP contribution in [0.2, 0.25) is 0 Å². The fourth-order valence-electron chi connectivity index (χ4n) is 4.49. The number of carbonyl (C=O) groups excluding carboxylic acids is 2. The summed E-state index contributed by atoms with van der Waals surface area (Å²) in [6, 6.07) is 3.67. The Labute approximate surface area is 162 Å². The van der Waals surface area contributed by atoms with Gasteiger partial charge in [-0.1, -0.05) is 0 Å². The Bertz CT molecular complexity index is 877. The fourth-order valence-corrected chi connectivity index (χ4v) is 4.49. The minimum Gasteiger partial charge on any atom is -0.438 e. The van der Waals surface area contributed by atoms with Crippen LogP contribution in [0, 0.1) is 17.8 Å². The average molecular weight is 384 g/mol. The van der Waals surface area contributed by atoms with Crippen LogP contribution in [0.15, 0.2) is 24.5 Å². The molecule has 2 unspecified atom stereocenters. The molecule has 0 aromatic carbocycles. The molecule has 1 aliphatic carbocycles. The monoisotopic (exact) mass is 384 g/mol. The van der Waals surface area contributed by atoms with Gasteiger partial charge in [-0.05, 0) is 43.2 Å². The number of piperidine rings is 1. The van der Waals surface area contributed by atoms with Gasteiger partial charge in [0.2, 0.25) is 0 Å². The standard InChI is InChI=1S/C20H24N4O4/c1-20(10-27-11-20)28-19(26)24-8-14-13(15(14)9-24)2-5-22-18(25)17-6-12-7-21-4-3-16(12)23-17/h3-4,6-7,13-15,23H,2,5,8-11H2,1H3,(H,22,25). The predicted molar refractivity (Wildman–Crippen MR) is 101 cm³/mol. The highest BCUT2D eigenvalue weighted by molar-refractivity contribution is 5.97. The summed E-state index contributed by atoms with van der Waals surface area (Å²) in [5.41, 5.74) is 1.01. The first-order chi connectivity index (χ1) is 13.5. The number of carbonyl (C=O) groups is 2. The normalized spacial score (nSPS) is 27.2. The minimum atomic E-state index is -0.452.